The van der Waals surface area contributed by atoms with Crippen molar-refractivity contribution in [2.75, 3.05) is 39.8 Å². The molecule has 0 aromatic carbocycles. The highest BCUT2D eigenvalue weighted by Gasteiger charge is 2.28. The molecule has 2 heterocycles. The van der Waals surface area contributed by atoms with Crippen molar-refractivity contribution in [1.29, 1.82) is 0 Å². The third-order valence-corrected chi connectivity index (χ3v) is 6.26. The SMILES string of the molecule is Cc1sc(CNCC(C)(C)N2CCN(C)CC2)cc1Br. The molecule has 1 N–H and O–H groups in total. The highest BCUT2D eigenvalue weighted by atomic mass is 79.9. The molecule has 0 bridgehead atoms. The first-order valence-electron chi connectivity index (χ1n) is 7.27. The van der Waals surface area contributed by atoms with Crippen LogP contribution < -0.4 is 5.32 Å². The minimum Gasteiger partial charge on any atom is -0.310 e. The molecule has 1 aliphatic heterocycles. The fourth-order valence-corrected chi connectivity index (χ4v) is 4.19. The Hall–Kier alpha value is 0.0600. The van der Waals surface area contributed by atoms with Gasteiger partial charge in [0.2, 0.25) is 0 Å². The molecule has 0 aliphatic carbocycles. The van der Waals surface area contributed by atoms with E-state index in [0.717, 1.165) is 13.1 Å². The molecule has 0 saturated carbocycles. The van der Waals surface area contributed by atoms with Crippen LogP contribution in [0.2, 0.25) is 0 Å². The summed E-state index contributed by atoms with van der Waals surface area (Å²) in [5.74, 6) is 0. The van der Waals surface area contributed by atoms with Crippen molar-refractivity contribution in [2.45, 2.75) is 32.9 Å². The lowest BCUT2D eigenvalue weighted by molar-refractivity contribution is 0.0618. The van der Waals surface area contributed by atoms with Gasteiger partial charge in [-0.25, -0.2) is 0 Å². The largest absolute Gasteiger partial charge is 0.310 e. The van der Waals surface area contributed by atoms with Crippen LogP contribution >= 0.6 is 27.3 Å². The number of thiophene rings is 1. The third kappa shape index (κ3) is 4.28. The molecule has 1 saturated heterocycles. The topological polar surface area (TPSA) is 18.5 Å². The molecule has 3 nitrogen and oxygen atoms in total. The van der Waals surface area contributed by atoms with E-state index in [1.165, 1.54) is 40.4 Å². The normalized spacial score (nSPS) is 18.6. The van der Waals surface area contributed by atoms with Gasteiger partial charge in [0, 0.05) is 59.0 Å². The molecule has 0 unspecified atom stereocenters. The van der Waals surface area contributed by atoms with Crippen molar-refractivity contribution in [3.63, 3.8) is 0 Å². The molecule has 2 rings (SSSR count). The number of aryl methyl sites for hydroxylation is 1. The fraction of sp³-hybridized carbons (Fsp3) is 0.733. The number of nitrogens with zero attached hydrogens (tertiary/aromatic N) is 2. The lowest BCUT2D eigenvalue weighted by atomic mass is 10.0. The van der Waals surface area contributed by atoms with Gasteiger partial charge in [0.1, 0.15) is 0 Å². The van der Waals surface area contributed by atoms with Gasteiger partial charge in [-0.2, -0.15) is 0 Å². The Morgan fingerprint density at radius 2 is 1.95 bits per heavy atom. The summed E-state index contributed by atoms with van der Waals surface area (Å²) in [6, 6.07) is 2.23. The summed E-state index contributed by atoms with van der Waals surface area (Å²) in [5.41, 5.74) is 0.227. The first kappa shape index (κ1) is 16.4. The lowest BCUT2D eigenvalue weighted by Gasteiger charge is -2.43. The van der Waals surface area contributed by atoms with E-state index in [1.807, 2.05) is 11.3 Å². The monoisotopic (exact) mass is 359 g/mol. The molecule has 0 radical (unpaired) electrons. The van der Waals surface area contributed by atoms with Crippen molar-refractivity contribution < 1.29 is 0 Å². The predicted molar refractivity (Wildman–Crippen MR) is 91.6 cm³/mol. The van der Waals surface area contributed by atoms with Crippen LogP contribution in [-0.4, -0.2) is 55.1 Å². The standard InChI is InChI=1S/C15H26BrN3S/c1-12-14(16)9-13(20-12)10-17-11-15(2,3)19-7-5-18(4)6-8-19/h9,17H,5-8,10-11H2,1-4H3. The van der Waals surface area contributed by atoms with E-state index in [0.29, 0.717) is 0 Å². The Morgan fingerprint density at radius 1 is 1.30 bits per heavy atom. The molecule has 0 atom stereocenters. The van der Waals surface area contributed by atoms with E-state index >= 15 is 0 Å². The Morgan fingerprint density at radius 3 is 2.50 bits per heavy atom. The van der Waals surface area contributed by atoms with Crippen molar-refractivity contribution >= 4 is 27.3 Å². The zero-order valence-corrected chi connectivity index (χ0v) is 15.4. The van der Waals surface area contributed by atoms with Crippen LogP contribution in [0, 0.1) is 6.92 Å². The molecule has 1 fully saturated rings. The van der Waals surface area contributed by atoms with Gasteiger partial charge in [0.15, 0.2) is 0 Å². The van der Waals surface area contributed by atoms with Crippen molar-refractivity contribution in [3.05, 3.63) is 20.3 Å². The number of nitrogens with one attached hydrogen (secondary N) is 1. The summed E-state index contributed by atoms with van der Waals surface area (Å²) >= 11 is 5.46. The Labute approximate surface area is 135 Å². The predicted octanol–water partition coefficient (Wildman–Crippen LogP) is 2.93. The molecule has 0 amide bonds. The summed E-state index contributed by atoms with van der Waals surface area (Å²) in [4.78, 5) is 7.78. The van der Waals surface area contributed by atoms with Gasteiger partial charge in [0.25, 0.3) is 0 Å². The molecule has 5 heteroatoms. The van der Waals surface area contributed by atoms with E-state index in [-0.39, 0.29) is 5.54 Å². The maximum Gasteiger partial charge on any atom is 0.0314 e. The Kier molecular flexibility index (Phi) is 5.65. The summed E-state index contributed by atoms with van der Waals surface area (Å²) in [7, 11) is 2.21. The van der Waals surface area contributed by atoms with Crippen LogP contribution in [0.25, 0.3) is 0 Å². The second-order valence-electron chi connectivity index (χ2n) is 6.32. The highest BCUT2D eigenvalue weighted by molar-refractivity contribution is 9.10. The number of rotatable bonds is 5. The number of halogens is 1. The van der Waals surface area contributed by atoms with Gasteiger partial charge in [-0.1, -0.05) is 0 Å². The second kappa shape index (κ2) is 6.88. The zero-order valence-electron chi connectivity index (χ0n) is 13.0. The van der Waals surface area contributed by atoms with Gasteiger partial charge in [-0.05, 0) is 49.8 Å². The van der Waals surface area contributed by atoms with Crippen molar-refractivity contribution in [2.24, 2.45) is 0 Å². The molecule has 1 aromatic rings. The summed E-state index contributed by atoms with van der Waals surface area (Å²) in [6.45, 7) is 13.6. The number of piperazine rings is 1. The van der Waals surface area contributed by atoms with Gasteiger partial charge < -0.3 is 10.2 Å². The molecule has 114 valence electrons. The van der Waals surface area contributed by atoms with E-state index in [2.05, 4.69) is 64.9 Å². The Balaban J connectivity index is 1.80. The molecule has 0 spiro atoms. The van der Waals surface area contributed by atoms with Crippen molar-refractivity contribution in [1.82, 2.24) is 15.1 Å². The highest BCUT2D eigenvalue weighted by Crippen LogP contribution is 2.26. The maximum atomic E-state index is 3.63. The smallest absolute Gasteiger partial charge is 0.0314 e. The molecular formula is C15H26BrN3S. The summed E-state index contributed by atoms with van der Waals surface area (Å²) in [5, 5.41) is 3.63. The van der Waals surface area contributed by atoms with Gasteiger partial charge in [0.05, 0.1) is 0 Å². The van der Waals surface area contributed by atoms with Crippen LogP contribution in [0.3, 0.4) is 0 Å². The number of hydrogen-bond acceptors (Lipinski definition) is 4. The van der Waals surface area contributed by atoms with Crippen LogP contribution in [0.1, 0.15) is 23.6 Å². The van der Waals surface area contributed by atoms with Crippen LogP contribution in [0.5, 0.6) is 0 Å². The van der Waals surface area contributed by atoms with Gasteiger partial charge in [-0.15, -0.1) is 11.3 Å². The lowest BCUT2D eigenvalue weighted by Crippen LogP contribution is -2.57. The quantitative estimate of drug-likeness (QED) is 0.871. The van der Waals surface area contributed by atoms with E-state index in [1.54, 1.807) is 0 Å². The molecule has 1 aromatic heterocycles. The van der Waals surface area contributed by atoms with E-state index in [4.69, 9.17) is 0 Å². The van der Waals surface area contributed by atoms with Gasteiger partial charge in [-0.3, -0.25) is 4.90 Å². The van der Waals surface area contributed by atoms with Crippen molar-refractivity contribution in [3.8, 4) is 0 Å². The average Bonchev–Trinajstić information content (AvgIpc) is 2.69. The average molecular weight is 360 g/mol. The molecule has 20 heavy (non-hydrogen) atoms. The summed E-state index contributed by atoms with van der Waals surface area (Å²) in [6.07, 6.45) is 0. The fourth-order valence-electron chi connectivity index (χ4n) is 2.62. The van der Waals surface area contributed by atoms with Crippen LogP contribution in [-0.2, 0) is 6.54 Å². The van der Waals surface area contributed by atoms with Crippen LogP contribution in [0.15, 0.2) is 10.5 Å². The van der Waals surface area contributed by atoms with E-state index in [9.17, 15) is 0 Å². The van der Waals surface area contributed by atoms with Crippen LogP contribution in [0.4, 0.5) is 0 Å². The number of likely N-dealkylation sites (N-methyl/N-ethyl adjacent to an activating group) is 1. The maximum absolute atomic E-state index is 3.63. The molecule has 1 aliphatic rings. The first-order chi connectivity index (χ1) is 9.38. The van der Waals surface area contributed by atoms with Gasteiger partial charge >= 0.3 is 0 Å². The minimum atomic E-state index is 0.227. The molecular weight excluding hydrogens is 334 g/mol. The second-order valence-corrected chi connectivity index (χ2v) is 8.52. The first-order valence-corrected chi connectivity index (χ1v) is 8.88. The minimum absolute atomic E-state index is 0.227. The summed E-state index contributed by atoms with van der Waals surface area (Å²) < 4.78 is 1.23. The van der Waals surface area contributed by atoms with E-state index < -0.39 is 0 Å². The third-order valence-electron chi connectivity index (χ3n) is 4.12. The number of hydrogen-bond donors (Lipinski definition) is 1. The zero-order chi connectivity index (χ0) is 14.8. The Bertz CT molecular complexity index is 417.